The molecule has 2 heteroatoms. The third kappa shape index (κ3) is 1.10. The second-order valence-corrected chi connectivity index (χ2v) is 1.66. The molecule has 0 aromatic heterocycles. The minimum atomic E-state index is -0.135. The lowest BCUT2D eigenvalue weighted by molar-refractivity contribution is 0.218. The van der Waals surface area contributed by atoms with Crippen LogP contribution in [-0.4, -0.2) is 6.61 Å². The van der Waals surface area contributed by atoms with Gasteiger partial charge in [0, 0.05) is 5.70 Å². The number of hydrogen-bond acceptors (Lipinski definition) is 1. The monoisotopic (exact) mass is 110 g/mol. The van der Waals surface area contributed by atoms with Crippen LogP contribution in [0, 0.1) is 0 Å². The summed E-state index contributed by atoms with van der Waals surface area (Å²) in [6.45, 7) is -0.135. The van der Waals surface area contributed by atoms with Crippen molar-refractivity contribution < 1.29 is 5.11 Å². The number of nitrogens with one attached hydrogen (secondary N) is 1. The molecular formula is C6H8NO. The first kappa shape index (κ1) is 5.38. The molecule has 0 unspecified atom stereocenters. The first-order valence-corrected chi connectivity index (χ1v) is 2.62. The summed E-state index contributed by atoms with van der Waals surface area (Å²) >= 11 is 0. The second kappa shape index (κ2) is 2.52. The van der Waals surface area contributed by atoms with Crippen molar-refractivity contribution in [3.05, 3.63) is 24.0 Å². The highest BCUT2D eigenvalue weighted by Gasteiger charge is 1.92. The van der Waals surface area contributed by atoms with Crippen molar-refractivity contribution in [2.45, 2.75) is 6.42 Å². The van der Waals surface area contributed by atoms with Gasteiger partial charge in [-0.3, -0.25) is 0 Å². The Morgan fingerprint density at radius 2 is 2.62 bits per heavy atom. The van der Waals surface area contributed by atoms with Gasteiger partial charge in [0.25, 0.3) is 0 Å². The Bertz CT molecular complexity index is 126. The molecule has 0 spiro atoms. The highest BCUT2D eigenvalue weighted by atomic mass is 16.3. The van der Waals surface area contributed by atoms with Gasteiger partial charge in [0.2, 0.25) is 0 Å². The van der Waals surface area contributed by atoms with E-state index in [1.807, 2.05) is 12.2 Å². The lowest BCUT2D eigenvalue weighted by Gasteiger charge is -2.04. The highest BCUT2D eigenvalue weighted by Crippen LogP contribution is 1.97. The van der Waals surface area contributed by atoms with E-state index in [4.69, 9.17) is 0 Å². The van der Waals surface area contributed by atoms with E-state index in [0.29, 0.717) is 0 Å². The Morgan fingerprint density at radius 3 is 3.00 bits per heavy atom. The zero-order valence-corrected chi connectivity index (χ0v) is 4.55. The normalized spacial score (nSPS) is 17.4. The van der Waals surface area contributed by atoms with Gasteiger partial charge >= 0.3 is 0 Å². The standard InChI is InChI=1S/C6H8NO/c8-5-6-3-1-2-4-7-6/h2-4,7H,1,5H2. The van der Waals surface area contributed by atoms with Gasteiger partial charge in [-0.2, -0.15) is 0 Å². The Labute approximate surface area is 48.5 Å². The first-order valence-electron chi connectivity index (χ1n) is 2.62. The van der Waals surface area contributed by atoms with E-state index in [9.17, 15) is 5.11 Å². The van der Waals surface area contributed by atoms with E-state index < -0.39 is 0 Å². The topological polar surface area (TPSA) is 31.9 Å². The lowest BCUT2D eigenvalue weighted by Crippen LogP contribution is -2.09. The molecule has 0 atom stereocenters. The van der Waals surface area contributed by atoms with Crippen molar-refractivity contribution in [2.24, 2.45) is 0 Å². The van der Waals surface area contributed by atoms with E-state index in [2.05, 4.69) is 5.32 Å². The van der Waals surface area contributed by atoms with Crippen LogP contribution in [0.25, 0.3) is 0 Å². The minimum Gasteiger partial charge on any atom is -0.364 e. The molecule has 1 heterocycles. The van der Waals surface area contributed by atoms with Gasteiger partial charge in [-0.1, -0.05) is 12.2 Å². The molecule has 8 heavy (non-hydrogen) atoms. The molecule has 43 valence electrons. The molecule has 1 rings (SSSR count). The van der Waals surface area contributed by atoms with Crippen molar-refractivity contribution in [1.29, 1.82) is 0 Å². The molecule has 0 amide bonds. The molecule has 0 aliphatic carbocycles. The van der Waals surface area contributed by atoms with E-state index in [1.165, 1.54) is 0 Å². The van der Waals surface area contributed by atoms with Crippen LogP contribution in [0.15, 0.2) is 24.0 Å². The predicted molar refractivity (Wildman–Crippen MR) is 30.5 cm³/mol. The number of rotatable bonds is 1. The van der Waals surface area contributed by atoms with Crippen LogP contribution in [0.4, 0.5) is 0 Å². The smallest absolute Gasteiger partial charge is 0.122 e. The molecule has 0 saturated heterocycles. The van der Waals surface area contributed by atoms with Crippen molar-refractivity contribution in [3.63, 3.8) is 0 Å². The summed E-state index contributed by atoms with van der Waals surface area (Å²) in [5.74, 6) is 0. The van der Waals surface area contributed by atoms with Gasteiger partial charge in [0.05, 0.1) is 0 Å². The van der Waals surface area contributed by atoms with Crippen molar-refractivity contribution in [1.82, 2.24) is 5.32 Å². The SMILES string of the molecule is [O]CC1=CCC=CN1. The fourth-order valence-electron chi connectivity index (χ4n) is 0.604. The molecule has 0 saturated carbocycles. The van der Waals surface area contributed by atoms with E-state index >= 15 is 0 Å². The van der Waals surface area contributed by atoms with Gasteiger partial charge in [-0.25, -0.2) is 5.11 Å². The highest BCUT2D eigenvalue weighted by molar-refractivity contribution is 5.10. The van der Waals surface area contributed by atoms with Gasteiger partial charge in [0.1, 0.15) is 6.61 Å². The summed E-state index contributed by atoms with van der Waals surface area (Å²) in [6.07, 6.45) is 6.56. The Kier molecular flexibility index (Phi) is 1.70. The van der Waals surface area contributed by atoms with Crippen LogP contribution < -0.4 is 5.32 Å². The van der Waals surface area contributed by atoms with Crippen LogP contribution in [0.2, 0.25) is 0 Å². The van der Waals surface area contributed by atoms with Gasteiger partial charge in [-0.05, 0) is 12.6 Å². The Balaban J connectivity index is 2.43. The molecule has 0 aromatic carbocycles. The Morgan fingerprint density at radius 1 is 1.75 bits per heavy atom. The van der Waals surface area contributed by atoms with Gasteiger partial charge < -0.3 is 5.32 Å². The average Bonchev–Trinajstić information content (AvgIpc) is 1.90. The van der Waals surface area contributed by atoms with Crippen LogP contribution in [0.5, 0.6) is 0 Å². The van der Waals surface area contributed by atoms with Crippen LogP contribution in [-0.2, 0) is 5.11 Å². The summed E-state index contributed by atoms with van der Waals surface area (Å²) in [7, 11) is 0. The molecule has 1 aliphatic heterocycles. The average molecular weight is 110 g/mol. The number of allylic oxidation sites excluding steroid dienone is 2. The molecule has 0 bridgehead atoms. The van der Waals surface area contributed by atoms with Crippen molar-refractivity contribution in [3.8, 4) is 0 Å². The molecular weight excluding hydrogens is 102 g/mol. The summed E-state index contributed by atoms with van der Waals surface area (Å²) in [4.78, 5) is 0. The van der Waals surface area contributed by atoms with E-state index in [-0.39, 0.29) is 6.61 Å². The maximum Gasteiger partial charge on any atom is 0.122 e. The zero-order chi connectivity index (χ0) is 5.82. The molecule has 0 aromatic rings. The third-order valence-corrected chi connectivity index (χ3v) is 1.04. The van der Waals surface area contributed by atoms with Gasteiger partial charge in [-0.15, -0.1) is 0 Å². The van der Waals surface area contributed by atoms with Gasteiger partial charge in [0.15, 0.2) is 0 Å². The predicted octanol–water partition coefficient (Wildman–Crippen LogP) is 0.808. The van der Waals surface area contributed by atoms with E-state index in [0.717, 1.165) is 12.1 Å². The summed E-state index contributed by atoms with van der Waals surface area (Å²) in [6, 6.07) is 0. The lowest BCUT2D eigenvalue weighted by atomic mass is 10.3. The molecule has 1 radical (unpaired) electrons. The Hall–Kier alpha value is -0.760. The first-order chi connectivity index (χ1) is 3.93. The molecule has 1 aliphatic rings. The summed E-state index contributed by atoms with van der Waals surface area (Å²) in [5, 5.41) is 13.0. The number of hydrogen-bond donors (Lipinski definition) is 1. The van der Waals surface area contributed by atoms with Crippen molar-refractivity contribution >= 4 is 0 Å². The second-order valence-electron chi connectivity index (χ2n) is 1.66. The minimum absolute atomic E-state index is 0.135. The van der Waals surface area contributed by atoms with Crippen LogP contribution in [0.3, 0.4) is 0 Å². The molecule has 1 N–H and O–H groups in total. The maximum absolute atomic E-state index is 10.1. The van der Waals surface area contributed by atoms with Crippen molar-refractivity contribution in [2.75, 3.05) is 6.61 Å². The fraction of sp³-hybridized carbons (Fsp3) is 0.333. The summed E-state index contributed by atoms with van der Waals surface area (Å²) < 4.78 is 0. The molecule has 0 fully saturated rings. The van der Waals surface area contributed by atoms with Crippen LogP contribution in [0.1, 0.15) is 6.42 Å². The quantitative estimate of drug-likeness (QED) is 0.532. The summed E-state index contributed by atoms with van der Waals surface area (Å²) in [5.41, 5.74) is 0.785. The fourth-order valence-corrected chi connectivity index (χ4v) is 0.604. The van der Waals surface area contributed by atoms with Crippen LogP contribution >= 0.6 is 0 Å². The largest absolute Gasteiger partial charge is 0.364 e. The number of dihydropyridines is 1. The zero-order valence-electron chi connectivity index (χ0n) is 4.55. The maximum atomic E-state index is 10.1. The third-order valence-electron chi connectivity index (χ3n) is 1.04. The van der Waals surface area contributed by atoms with E-state index in [1.54, 1.807) is 6.20 Å². The molecule has 2 nitrogen and oxygen atoms in total.